The highest BCUT2D eigenvalue weighted by atomic mass is 32.2. The van der Waals surface area contributed by atoms with Crippen molar-refractivity contribution in [1.82, 2.24) is 9.62 Å². The number of sulfonamides is 1. The number of benzene rings is 2. The van der Waals surface area contributed by atoms with Gasteiger partial charge in [-0.05, 0) is 48.4 Å². The highest BCUT2D eigenvalue weighted by molar-refractivity contribution is 7.89. The molecule has 1 N–H and O–H groups in total. The van der Waals surface area contributed by atoms with Gasteiger partial charge >= 0.3 is 0 Å². The molecule has 1 aliphatic rings. The van der Waals surface area contributed by atoms with E-state index in [0.29, 0.717) is 56.3 Å². The molecule has 1 amide bonds. The van der Waals surface area contributed by atoms with Gasteiger partial charge in [0.15, 0.2) is 0 Å². The number of nitrogens with zero attached hydrogens (tertiary/aromatic N) is 1. The van der Waals surface area contributed by atoms with Gasteiger partial charge in [0.25, 0.3) is 5.91 Å². The third kappa shape index (κ3) is 5.10. The first-order chi connectivity index (χ1) is 14.5. The minimum atomic E-state index is -3.66. The van der Waals surface area contributed by atoms with Gasteiger partial charge in [-0.3, -0.25) is 4.79 Å². The van der Waals surface area contributed by atoms with Gasteiger partial charge in [-0.15, -0.1) is 0 Å². The maximum absolute atomic E-state index is 12.8. The summed E-state index contributed by atoms with van der Waals surface area (Å²) < 4.78 is 42.8. The summed E-state index contributed by atoms with van der Waals surface area (Å²) >= 11 is 0. The van der Waals surface area contributed by atoms with Gasteiger partial charge in [0, 0.05) is 25.2 Å². The second kappa shape index (κ2) is 9.92. The molecule has 0 atom stereocenters. The molecule has 30 heavy (non-hydrogen) atoms. The lowest BCUT2D eigenvalue weighted by atomic mass is 10.1. The van der Waals surface area contributed by atoms with Crippen LogP contribution in [0.1, 0.15) is 15.9 Å². The molecule has 0 aromatic heterocycles. The third-order valence-corrected chi connectivity index (χ3v) is 6.77. The maximum Gasteiger partial charge on any atom is 0.251 e. The molecule has 2 aromatic rings. The molecule has 0 bridgehead atoms. The molecule has 1 saturated heterocycles. The van der Waals surface area contributed by atoms with Crippen LogP contribution in [0.3, 0.4) is 0 Å². The van der Waals surface area contributed by atoms with Crippen molar-refractivity contribution >= 4 is 15.9 Å². The Morgan fingerprint density at radius 3 is 2.57 bits per heavy atom. The Kier molecular flexibility index (Phi) is 7.30. The van der Waals surface area contributed by atoms with Gasteiger partial charge in [0.1, 0.15) is 11.5 Å². The molecule has 0 saturated carbocycles. The summed E-state index contributed by atoms with van der Waals surface area (Å²) in [4.78, 5) is 12.7. The minimum absolute atomic E-state index is 0.103. The van der Waals surface area contributed by atoms with E-state index in [1.54, 1.807) is 32.4 Å². The van der Waals surface area contributed by atoms with Gasteiger partial charge in [-0.2, -0.15) is 4.31 Å². The SMILES string of the molecule is COc1ccc(OC)c(CCNC(=O)c2cccc(S(=O)(=O)N3CCOCC3)c2)c1. The number of hydrogen-bond donors (Lipinski definition) is 1. The van der Waals surface area contributed by atoms with Gasteiger partial charge < -0.3 is 19.5 Å². The van der Waals surface area contributed by atoms with Crippen molar-refractivity contribution in [2.75, 3.05) is 47.1 Å². The van der Waals surface area contributed by atoms with E-state index in [4.69, 9.17) is 14.2 Å². The lowest BCUT2D eigenvalue weighted by Crippen LogP contribution is -2.40. The van der Waals surface area contributed by atoms with Crippen molar-refractivity contribution in [3.63, 3.8) is 0 Å². The number of methoxy groups -OCH3 is 2. The molecule has 2 aromatic carbocycles. The standard InChI is InChI=1S/C21H26N2O6S/c1-27-18-6-7-20(28-2)16(14-18)8-9-22-21(24)17-4-3-5-19(15-17)30(25,26)23-10-12-29-13-11-23/h3-7,14-15H,8-13H2,1-2H3,(H,22,24). The predicted molar refractivity (Wildman–Crippen MR) is 112 cm³/mol. The quantitative estimate of drug-likeness (QED) is 0.680. The normalized spacial score (nSPS) is 14.9. The monoisotopic (exact) mass is 434 g/mol. The van der Waals surface area contributed by atoms with E-state index in [-0.39, 0.29) is 10.8 Å². The zero-order valence-corrected chi connectivity index (χ0v) is 17.9. The van der Waals surface area contributed by atoms with Crippen molar-refractivity contribution in [1.29, 1.82) is 0 Å². The molecule has 0 aliphatic carbocycles. The second-order valence-corrected chi connectivity index (χ2v) is 8.67. The van der Waals surface area contributed by atoms with Gasteiger partial charge in [0.2, 0.25) is 10.0 Å². The lowest BCUT2D eigenvalue weighted by molar-refractivity contribution is 0.0730. The summed E-state index contributed by atoms with van der Waals surface area (Å²) in [6, 6.07) is 11.6. The van der Waals surface area contributed by atoms with Gasteiger partial charge in [0.05, 0.1) is 32.3 Å². The first kappa shape index (κ1) is 22.1. The Bertz CT molecular complexity index is 987. The lowest BCUT2D eigenvalue weighted by Gasteiger charge is -2.26. The van der Waals surface area contributed by atoms with Crippen molar-refractivity contribution in [2.24, 2.45) is 0 Å². The molecule has 0 unspecified atom stereocenters. The zero-order chi connectivity index (χ0) is 21.6. The number of amides is 1. The summed E-state index contributed by atoms with van der Waals surface area (Å²) in [6.45, 7) is 1.71. The highest BCUT2D eigenvalue weighted by Gasteiger charge is 2.26. The largest absolute Gasteiger partial charge is 0.497 e. The molecule has 1 heterocycles. The number of morpholine rings is 1. The highest BCUT2D eigenvalue weighted by Crippen LogP contribution is 2.24. The van der Waals surface area contributed by atoms with Gasteiger partial charge in [-0.1, -0.05) is 6.07 Å². The Morgan fingerprint density at radius 2 is 1.87 bits per heavy atom. The Hall–Kier alpha value is -2.62. The van der Waals surface area contributed by atoms with Crippen LogP contribution in [0.25, 0.3) is 0 Å². The molecule has 0 radical (unpaired) electrons. The van der Waals surface area contributed by atoms with Gasteiger partial charge in [-0.25, -0.2) is 8.42 Å². The predicted octanol–water partition coefficient (Wildman–Crippen LogP) is 1.70. The average molecular weight is 435 g/mol. The van der Waals surface area contributed by atoms with E-state index in [2.05, 4.69) is 5.32 Å². The van der Waals surface area contributed by atoms with E-state index in [1.165, 1.54) is 16.4 Å². The molecular formula is C21H26N2O6S. The van der Waals surface area contributed by atoms with E-state index in [9.17, 15) is 13.2 Å². The van der Waals surface area contributed by atoms with Crippen LogP contribution in [0.15, 0.2) is 47.4 Å². The van der Waals surface area contributed by atoms with Crippen molar-refractivity contribution in [3.05, 3.63) is 53.6 Å². The van der Waals surface area contributed by atoms with Crippen molar-refractivity contribution < 1.29 is 27.4 Å². The summed E-state index contributed by atoms with van der Waals surface area (Å²) in [5.74, 6) is 1.08. The summed E-state index contributed by atoms with van der Waals surface area (Å²) in [6.07, 6.45) is 0.540. The van der Waals surface area contributed by atoms with Crippen molar-refractivity contribution in [2.45, 2.75) is 11.3 Å². The van der Waals surface area contributed by atoms with Crippen LogP contribution in [0.4, 0.5) is 0 Å². The fourth-order valence-electron chi connectivity index (χ4n) is 3.22. The van der Waals surface area contributed by atoms with Crippen LogP contribution < -0.4 is 14.8 Å². The van der Waals surface area contributed by atoms with Crippen LogP contribution in [0.5, 0.6) is 11.5 Å². The minimum Gasteiger partial charge on any atom is -0.497 e. The zero-order valence-electron chi connectivity index (χ0n) is 17.1. The smallest absolute Gasteiger partial charge is 0.251 e. The van der Waals surface area contributed by atoms with Crippen LogP contribution in [-0.4, -0.2) is 65.7 Å². The molecule has 8 nitrogen and oxygen atoms in total. The average Bonchev–Trinajstić information content (AvgIpc) is 2.79. The number of carbonyl (C=O) groups excluding carboxylic acids is 1. The first-order valence-corrected chi connectivity index (χ1v) is 11.1. The van der Waals surface area contributed by atoms with Crippen LogP contribution in [0.2, 0.25) is 0 Å². The summed E-state index contributed by atoms with van der Waals surface area (Å²) in [5, 5.41) is 2.83. The second-order valence-electron chi connectivity index (χ2n) is 6.73. The third-order valence-electron chi connectivity index (χ3n) is 4.87. The van der Waals surface area contributed by atoms with E-state index >= 15 is 0 Å². The first-order valence-electron chi connectivity index (χ1n) is 9.63. The molecule has 9 heteroatoms. The number of hydrogen-bond acceptors (Lipinski definition) is 6. The fraction of sp³-hybridized carbons (Fsp3) is 0.381. The summed E-state index contributed by atoms with van der Waals surface area (Å²) in [5.41, 5.74) is 1.20. The Labute approximate surface area is 176 Å². The Balaban J connectivity index is 1.66. The van der Waals surface area contributed by atoms with Crippen LogP contribution in [-0.2, 0) is 21.2 Å². The molecule has 1 aliphatic heterocycles. The molecule has 162 valence electrons. The summed E-state index contributed by atoms with van der Waals surface area (Å²) in [7, 11) is -0.479. The maximum atomic E-state index is 12.8. The van der Waals surface area contributed by atoms with Crippen LogP contribution >= 0.6 is 0 Å². The van der Waals surface area contributed by atoms with Crippen molar-refractivity contribution in [3.8, 4) is 11.5 Å². The number of carbonyl (C=O) groups is 1. The van der Waals surface area contributed by atoms with E-state index in [0.717, 1.165) is 5.56 Å². The number of nitrogens with one attached hydrogen (secondary N) is 1. The Morgan fingerprint density at radius 1 is 1.10 bits per heavy atom. The fourth-order valence-corrected chi connectivity index (χ4v) is 4.68. The van der Waals surface area contributed by atoms with E-state index in [1.807, 2.05) is 12.1 Å². The molecule has 3 rings (SSSR count). The number of ether oxygens (including phenoxy) is 3. The topological polar surface area (TPSA) is 94.2 Å². The number of rotatable bonds is 8. The molecular weight excluding hydrogens is 408 g/mol. The van der Waals surface area contributed by atoms with E-state index < -0.39 is 10.0 Å². The molecule has 1 fully saturated rings. The molecule has 0 spiro atoms. The van der Waals surface area contributed by atoms with Crippen LogP contribution in [0, 0.1) is 0 Å².